The van der Waals surface area contributed by atoms with Gasteiger partial charge in [0.25, 0.3) is 10.2 Å². The zero-order valence-corrected chi connectivity index (χ0v) is 10.1. The highest BCUT2D eigenvalue weighted by atomic mass is 35.5. The van der Waals surface area contributed by atoms with Gasteiger partial charge in [-0.3, -0.25) is 0 Å². The van der Waals surface area contributed by atoms with E-state index in [2.05, 4.69) is 10.0 Å². The maximum Gasteiger partial charge on any atom is 0.279 e. The van der Waals surface area contributed by atoms with Gasteiger partial charge in [0.15, 0.2) is 0 Å². The molecule has 0 amide bonds. The van der Waals surface area contributed by atoms with Crippen molar-refractivity contribution in [1.29, 1.82) is 0 Å². The molecule has 0 aliphatic carbocycles. The van der Waals surface area contributed by atoms with Crippen LogP contribution in [0.5, 0.6) is 0 Å². The Morgan fingerprint density at radius 1 is 1.29 bits per heavy atom. The Hall–Kier alpha value is 0.120. The fourth-order valence-corrected chi connectivity index (χ4v) is 2.67. The Morgan fingerprint density at radius 3 is 2.21 bits per heavy atom. The first-order valence-electron chi connectivity index (χ1n) is 4.50. The summed E-state index contributed by atoms with van der Waals surface area (Å²) in [5.41, 5.74) is 0. The lowest BCUT2D eigenvalue weighted by atomic mass is 10.4. The Balaban J connectivity index is 0.00000169. The first-order valence-corrected chi connectivity index (χ1v) is 5.94. The zero-order valence-electron chi connectivity index (χ0n) is 8.49. The van der Waals surface area contributed by atoms with Gasteiger partial charge in [-0.2, -0.15) is 17.4 Å². The molecule has 1 aliphatic rings. The van der Waals surface area contributed by atoms with Crippen LogP contribution in [-0.2, 0) is 10.2 Å². The van der Waals surface area contributed by atoms with Gasteiger partial charge >= 0.3 is 0 Å². The molecule has 1 rings (SSSR count). The van der Waals surface area contributed by atoms with E-state index in [4.69, 9.17) is 0 Å². The van der Waals surface area contributed by atoms with Crippen LogP contribution in [0.25, 0.3) is 0 Å². The quantitative estimate of drug-likeness (QED) is 0.706. The van der Waals surface area contributed by atoms with Crippen LogP contribution in [0.3, 0.4) is 0 Å². The first-order chi connectivity index (χ1) is 6.02. The second-order valence-electron chi connectivity index (χ2n) is 3.43. The van der Waals surface area contributed by atoms with Crippen LogP contribution < -0.4 is 10.0 Å². The molecule has 1 heterocycles. The van der Waals surface area contributed by atoms with Crippen molar-refractivity contribution in [3.05, 3.63) is 0 Å². The molecule has 0 bridgehead atoms. The third kappa shape index (κ3) is 4.10. The highest BCUT2D eigenvalue weighted by Gasteiger charge is 2.23. The maximum absolute atomic E-state index is 11.6. The summed E-state index contributed by atoms with van der Waals surface area (Å²) in [4.78, 5) is 0. The molecule has 0 aromatic heterocycles. The highest BCUT2D eigenvalue weighted by Crippen LogP contribution is 2.00. The van der Waals surface area contributed by atoms with Crippen molar-refractivity contribution in [2.24, 2.45) is 0 Å². The molecule has 1 fully saturated rings. The minimum absolute atomic E-state index is 0. The summed E-state index contributed by atoms with van der Waals surface area (Å²) in [5, 5.41) is 3.11. The van der Waals surface area contributed by atoms with Crippen molar-refractivity contribution in [1.82, 2.24) is 14.3 Å². The molecule has 0 saturated carbocycles. The monoisotopic (exact) mass is 243 g/mol. The van der Waals surface area contributed by atoms with Gasteiger partial charge in [0.05, 0.1) is 0 Å². The average molecular weight is 244 g/mol. The van der Waals surface area contributed by atoms with E-state index in [1.54, 1.807) is 0 Å². The summed E-state index contributed by atoms with van der Waals surface area (Å²) < 4.78 is 27.2. The molecule has 2 N–H and O–H groups in total. The maximum atomic E-state index is 11.6. The van der Waals surface area contributed by atoms with Crippen LogP contribution in [0, 0.1) is 0 Å². The third-order valence-electron chi connectivity index (χ3n) is 1.80. The Kier molecular flexibility index (Phi) is 5.92. The summed E-state index contributed by atoms with van der Waals surface area (Å²) in [6, 6.07) is -0.0418. The van der Waals surface area contributed by atoms with Crippen LogP contribution in [0.4, 0.5) is 0 Å². The van der Waals surface area contributed by atoms with E-state index in [9.17, 15) is 8.42 Å². The standard InChI is InChI=1S/C7H17N3O2S.ClH/c1-7(2)9-13(11,12)10-5-3-8-4-6-10;/h7-9H,3-6H2,1-2H3;1H. The summed E-state index contributed by atoms with van der Waals surface area (Å²) in [5.74, 6) is 0. The minimum atomic E-state index is -3.24. The van der Waals surface area contributed by atoms with Gasteiger partial charge in [-0.1, -0.05) is 0 Å². The van der Waals surface area contributed by atoms with E-state index in [-0.39, 0.29) is 18.4 Å². The Bertz CT molecular complexity index is 250. The van der Waals surface area contributed by atoms with Crippen LogP contribution >= 0.6 is 12.4 Å². The number of rotatable bonds is 3. The topological polar surface area (TPSA) is 61.4 Å². The van der Waals surface area contributed by atoms with Crippen molar-refractivity contribution in [3.63, 3.8) is 0 Å². The van der Waals surface area contributed by atoms with Gasteiger partial charge in [-0.05, 0) is 13.8 Å². The lowest BCUT2D eigenvalue weighted by Crippen LogP contribution is -2.51. The number of nitrogens with zero attached hydrogens (tertiary/aromatic N) is 1. The molecule has 0 radical (unpaired) electrons. The van der Waals surface area contributed by atoms with Gasteiger partial charge < -0.3 is 5.32 Å². The molecule has 1 aliphatic heterocycles. The highest BCUT2D eigenvalue weighted by molar-refractivity contribution is 7.87. The molecule has 0 atom stereocenters. The molecule has 0 spiro atoms. The van der Waals surface area contributed by atoms with Gasteiger partial charge in [-0.15, -0.1) is 12.4 Å². The lowest BCUT2D eigenvalue weighted by Gasteiger charge is -2.27. The lowest BCUT2D eigenvalue weighted by molar-refractivity contribution is 0.353. The van der Waals surface area contributed by atoms with Crippen LogP contribution in [0.1, 0.15) is 13.8 Å². The minimum Gasteiger partial charge on any atom is -0.314 e. The normalized spacial score (nSPS) is 19.4. The fraction of sp³-hybridized carbons (Fsp3) is 1.00. The van der Waals surface area contributed by atoms with Crippen LogP contribution in [-0.4, -0.2) is 44.9 Å². The van der Waals surface area contributed by atoms with Gasteiger partial charge in [-0.25, -0.2) is 0 Å². The van der Waals surface area contributed by atoms with E-state index in [1.165, 1.54) is 4.31 Å². The van der Waals surface area contributed by atoms with E-state index >= 15 is 0 Å². The van der Waals surface area contributed by atoms with Crippen molar-refractivity contribution >= 4 is 22.6 Å². The number of hydrogen-bond donors (Lipinski definition) is 2. The number of piperazine rings is 1. The van der Waals surface area contributed by atoms with Crippen molar-refractivity contribution in [3.8, 4) is 0 Å². The smallest absolute Gasteiger partial charge is 0.279 e. The van der Waals surface area contributed by atoms with Crippen LogP contribution in [0.2, 0.25) is 0 Å². The molecule has 0 unspecified atom stereocenters. The third-order valence-corrected chi connectivity index (χ3v) is 3.61. The average Bonchev–Trinajstić information content (AvgIpc) is 2.04. The van der Waals surface area contributed by atoms with Gasteiger partial charge in [0, 0.05) is 32.2 Å². The summed E-state index contributed by atoms with van der Waals surface area (Å²) in [7, 11) is -3.24. The zero-order chi connectivity index (χ0) is 9.90. The van der Waals surface area contributed by atoms with Gasteiger partial charge in [0.2, 0.25) is 0 Å². The molecule has 14 heavy (non-hydrogen) atoms. The summed E-state index contributed by atoms with van der Waals surface area (Å²) in [6.07, 6.45) is 0. The van der Waals surface area contributed by atoms with Gasteiger partial charge in [0.1, 0.15) is 0 Å². The number of nitrogens with one attached hydrogen (secondary N) is 2. The summed E-state index contributed by atoms with van der Waals surface area (Å²) >= 11 is 0. The van der Waals surface area contributed by atoms with Crippen LogP contribution in [0.15, 0.2) is 0 Å². The molecule has 1 saturated heterocycles. The molecule has 7 heteroatoms. The van der Waals surface area contributed by atoms with E-state index in [1.807, 2.05) is 13.8 Å². The SMILES string of the molecule is CC(C)NS(=O)(=O)N1CCNCC1.Cl. The Labute approximate surface area is 91.8 Å². The molecule has 86 valence electrons. The van der Waals surface area contributed by atoms with Crippen molar-refractivity contribution in [2.75, 3.05) is 26.2 Å². The second kappa shape index (κ2) is 5.87. The van der Waals surface area contributed by atoms with Crippen molar-refractivity contribution in [2.45, 2.75) is 19.9 Å². The predicted molar refractivity (Wildman–Crippen MR) is 58.9 cm³/mol. The van der Waals surface area contributed by atoms with Crippen molar-refractivity contribution < 1.29 is 8.42 Å². The molecular weight excluding hydrogens is 226 g/mol. The van der Waals surface area contributed by atoms with E-state index in [0.717, 1.165) is 13.1 Å². The molecule has 0 aromatic carbocycles. The van der Waals surface area contributed by atoms with E-state index < -0.39 is 10.2 Å². The largest absolute Gasteiger partial charge is 0.314 e. The fourth-order valence-electron chi connectivity index (χ4n) is 1.26. The van der Waals surface area contributed by atoms with E-state index in [0.29, 0.717) is 13.1 Å². The molecule has 0 aromatic rings. The Morgan fingerprint density at radius 2 is 1.79 bits per heavy atom. The second-order valence-corrected chi connectivity index (χ2v) is 5.13. The number of hydrogen-bond acceptors (Lipinski definition) is 3. The molecule has 5 nitrogen and oxygen atoms in total. The predicted octanol–water partition coefficient (Wildman–Crippen LogP) is -0.444. The molecular formula is C7H18ClN3O2S. The number of halogens is 1. The first kappa shape index (κ1) is 14.1. The summed E-state index contributed by atoms with van der Waals surface area (Å²) in [6.45, 7) is 6.22.